The van der Waals surface area contributed by atoms with Crippen LogP contribution in [0.3, 0.4) is 0 Å². The molecule has 19 heavy (non-hydrogen) atoms. The van der Waals surface area contributed by atoms with Crippen molar-refractivity contribution >= 4 is 5.97 Å². The van der Waals surface area contributed by atoms with E-state index < -0.39 is 48.6 Å². The number of aromatic hydroxyl groups is 3. The second-order valence-corrected chi connectivity index (χ2v) is 3.78. The Morgan fingerprint density at radius 1 is 1.11 bits per heavy atom. The summed E-state index contributed by atoms with van der Waals surface area (Å²) in [6.07, 6.45) is -2.91. The molecule has 0 aliphatic carbocycles. The molecule has 0 saturated carbocycles. The van der Waals surface area contributed by atoms with Crippen LogP contribution in [0.25, 0.3) is 0 Å². The highest BCUT2D eigenvalue weighted by atomic mass is 16.5. The number of phenolic OH excluding ortho intramolecular Hbond substituents is 3. The molecule has 0 aromatic heterocycles. The maximum Gasteiger partial charge on any atom is 0.338 e. The fourth-order valence-corrected chi connectivity index (χ4v) is 1.20. The van der Waals surface area contributed by atoms with Gasteiger partial charge in [0.15, 0.2) is 17.2 Å². The van der Waals surface area contributed by atoms with Crippen LogP contribution in [-0.4, -0.2) is 62.0 Å². The first-order chi connectivity index (χ1) is 8.86. The number of hydrogen-bond acceptors (Lipinski definition) is 8. The lowest BCUT2D eigenvalue weighted by atomic mass is 10.2. The van der Waals surface area contributed by atoms with E-state index in [0.717, 1.165) is 12.1 Å². The quantitative estimate of drug-likeness (QED) is 0.286. The smallest absolute Gasteiger partial charge is 0.338 e. The van der Waals surface area contributed by atoms with Gasteiger partial charge in [-0.2, -0.15) is 0 Å². The monoisotopic (exact) mass is 274 g/mol. The average molecular weight is 274 g/mol. The molecule has 0 fully saturated rings. The summed E-state index contributed by atoms with van der Waals surface area (Å²) >= 11 is 0. The number of phenols is 3. The zero-order chi connectivity index (χ0) is 14.6. The molecule has 0 amide bonds. The number of carbonyl (C=O) groups is 1. The van der Waals surface area contributed by atoms with Crippen LogP contribution in [0.2, 0.25) is 0 Å². The van der Waals surface area contributed by atoms with E-state index in [-0.39, 0.29) is 5.56 Å². The first-order valence-electron chi connectivity index (χ1n) is 5.25. The molecule has 8 nitrogen and oxygen atoms in total. The summed E-state index contributed by atoms with van der Waals surface area (Å²) in [6, 6.07) is 1.73. The molecule has 0 heterocycles. The highest BCUT2D eigenvalue weighted by Crippen LogP contribution is 2.35. The second-order valence-electron chi connectivity index (χ2n) is 3.78. The maximum absolute atomic E-state index is 11.5. The third-order valence-corrected chi connectivity index (χ3v) is 2.32. The van der Waals surface area contributed by atoms with Gasteiger partial charge >= 0.3 is 5.97 Å². The molecule has 0 bridgehead atoms. The van der Waals surface area contributed by atoms with Gasteiger partial charge in [0.2, 0.25) is 0 Å². The molecule has 106 valence electrons. The van der Waals surface area contributed by atoms with Gasteiger partial charge in [-0.1, -0.05) is 0 Å². The molecule has 1 aromatic carbocycles. The van der Waals surface area contributed by atoms with Crippen molar-refractivity contribution in [3.05, 3.63) is 17.7 Å². The van der Waals surface area contributed by atoms with E-state index >= 15 is 0 Å². The molecule has 2 unspecified atom stereocenters. The Morgan fingerprint density at radius 2 is 1.63 bits per heavy atom. The van der Waals surface area contributed by atoms with Crippen LogP contribution >= 0.6 is 0 Å². The van der Waals surface area contributed by atoms with E-state index in [1.165, 1.54) is 0 Å². The molecule has 0 aliphatic rings. The van der Waals surface area contributed by atoms with E-state index in [1.807, 2.05) is 0 Å². The van der Waals surface area contributed by atoms with Gasteiger partial charge in [-0.05, 0) is 12.1 Å². The van der Waals surface area contributed by atoms with Gasteiger partial charge in [0.05, 0.1) is 12.2 Å². The fraction of sp³-hybridized carbons (Fsp3) is 0.364. The Morgan fingerprint density at radius 3 is 2.11 bits per heavy atom. The Bertz CT molecular complexity index is 435. The van der Waals surface area contributed by atoms with Gasteiger partial charge in [0.1, 0.15) is 18.8 Å². The summed E-state index contributed by atoms with van der Waals surface area (Å²) in [4.78, 5) is 11.5. The SMILES string of the molecule is O=C(OCC(O)C(O)CO)c1cc(O)c(O)c(O)c1. The van der Waals surface area contributed by atoms with Crippen molar-refractivity contribution in [3.63, 3.8) is 0 Å². The topological polar surface area (TPSA) is 148 Å². The van der Waals surface area contributed by atoms with E-state index in [1.54, 1.807) is 0 Å². The minimum atomic E-state index is -1.46. The van der Waals surface area contributed by atoms with Crippen LogP contribution in [0.15, 0.2) is 12.1 Å². The van der Waals surface area contributed by atoms with E-state index in [9.17, 15) is 20.1 Å². The third-order valence-electron chi connectivity index (χ3n) is 2.32. The van der Waals surface area contributed by atoms with E-state index in [0.29, 0.717) is 0 Å². The summed E-state index contributed by atoms with van der Waals surface area (Å²) in [6.45, 7) is -1.28. The number of esters is 1. The Labute approximate surface area is 107 Å². The Hall–Kier alpha value is -2.03. The lowest BCUT2D eigenvalue weighted by Crippen LogP contribution is -2.34. The maximum atomic E-state index is 11.5. The van der Waals surface area contributed by atoms with Crippen molar-refractivity contribution in [1.82, 2.24) is 0 Å². The Balaban J connectivity index is 2.69. The molecular weight excluding hydrogens is 260 g/mol. The van der Waals surface area contributed by atoms with Gasteiger partial charge in [-0.3, -0.25) is 0 Å². The molecule has 2 atom stereocenters. The van der Waals surface area contributed by atoms with Crippen molar-refractivity contribution in [3.8, 4) is 17.2 Å². The molecular formula is C11H14O8. The van der Waals surface area contributed by atoms with Gasteiger partial charge < -0.3 is 35.4 Å². The highest BCUT2D eigenvalue weighted by Gasteiger charge is 2.19. The number of aliphatic hydroxyl groups is 3. The van der Waals surface area contributed by atoms with Gasteiger partial charge in [0, 0.05) is 0 Å². The van der Waals surface area contributed by atoms with Crippen molar-refractivity contribution in [2.75, 3.05) is 13.2 Å². The number of aliphatic hydroxyl groups excluding tert-OH is 3. The minimum absolute atomic E-state index is 0.251. The number of carbonyl (C=O) groups excluding carboxylic acids is 1. The molecule has 0 saturated heterocycles. The zero-order valence-corrected chi connectivity index (χ0v) is 9.72. The lowest BCUT2D eigenvalue weighted by Gasteiger charge is -2.15. The average Bonchev–Trinajstić information content (AvgIpc) is 2.39. The fourth-order valence-electron chi connectivity index (χ4n) is 1.20. The van der Waals surface area contributed by atoms with Crippen molar-refractivity contribution in [2.45, 2.75) is 12.2 Å². The van der Waals surface area contributed by atoms with E-state index in [4.69, 9.17) is 15.3 Å². The van der Waals surface area contributed by atoms with E-state index in [2.05, 4.69) is 4.74 Å². The molecule has 8 heteroatoms. The van der Waals surface area contributed by atoms with Gasteiger partial charge in [-0.25, -0.2) is 4.79 Å². The summed E-state index contributed by atoms with van der Waals surface area (Å²) in [7, 11) is 0. The number of ether oxygens (including phenoxy) is 1. The van der Waals surface area contributed by atoms with Crippen LogP contribution in [0.1, 0.15) is 10.4 Å². The third kappa shape index (κ3) is 3.71. The minimum Gasteiger partial charge on any atom is -0.504 e. The summed E-state index contributed by atoms with van der Waals surface area (Å²) in [5, 5.41) is 54.3. The first kappa shape index (κ1) is 15.0. The predicted molar refractivity (Wildman–Crippen MR) is 60.8 cm³/mol. The van der Waals surface area contributed by atoms with Crippen LogP contribution < -0.4 is 0 Å². The van der Waals surface area contributed by atoms with Crippen molar-refractivity contribution in [1.29, 1.82) is 0 Å². The molecule has 0 radical (unpaired) electrons. The van der Waals surface area contributed by atoms with Crippen LogP contribution in [0.4, 0.5) is 0 Å². The molecule has 0 spiro atoms. The normalized spacial score (nSPS) is 13.8. The number of benzene rings is 1. The molecule has 0 aliphatic heterocycles. The van der Waals surface area contributed by atoms with Crippen molar-refractivity contribution < 1.29 is 40.2 Å². The van der Waals surface area contributed by atoms with Crippen LogP contribution in [-0.2, 0) is 4.74 Å². The highest BCUT2D eigenvalue weighted by molar-refractivity contribution is 5.91. The summed E-state index contributed by atoms with van der Waals surface area (Å²) in [5.74, 6) is -3.17. The van der Waals surface area contributed by atoms with Crippen LogP contribution in [0.5, 0.6) is 17.2 Å². The van der Waals surface area contributed by atoms with Gasteiger partial charge in [-0.15, -0.1) is 0 Å². The zero-order valence-electron chi connectivity index (χ0n) is 9.72. The predicted octanol–water partition coefficient (Wildman–Crippen LogP) is -1.33. The number of rotatable bonds is 5. The molecule has 1 aromatic rings. The van der Waals surface area contributed by atoms with Gasteiger partial charge in [0.25, 0.3) is 0 Å². The molecule has 1 rings (SSSR count). The summed E-state index contributed by atoms with van der Waals surface area (Å²) in [5.41, 5.74) is -0.251. The lowest BCUT2D eigenvalue weighted by molar-refractivity contribution is -0.0467. The second kappa shape index (κ2) is 6.23. The first-order valence-corrected chi connectivity index (χ1v) is 5.25. The number of hydrogen-bond donors (Lipinski definition) is 6. The largest absolute Gasteiger partial charge is 0.504 e. The standard InChI is InChI=1S/C11H14O8/c12-3-8(15)9(16)4-19-11(18)5-1-6(13)10(17)7(14)2-5/h1-2,8-9,12-17H,3-4H2. The summed E-state index contributed by atoms with van der Waals surface area (Å²) < 4.78 is 4.60. The van der Waals surface area contributed by atoms with Crippen molar-refractivity contribution in [2.24, 2.45) is 0 Å². The molecule has 6 N–H and O–H groups in total. The Kier molecular flexibility index (Phi) is 4.93. The van der Waals surface area contributed by atoms with Crippen LogP contribution in [0, 0.1) is 0 Å².